The van der Waals surface area contributed by atoms with E-state index in [1.54, 1.807) is 14.2 Å². The van der Waals surface area contributed by atoms with Crippen LogP contribution in [0, 0.1) is 0 Å². The van der Waals surface area contributed by atoms with Crippen molar-refractivity contribution in [1.29, 1.82) is 0 Å². The van der Waals surface area contributed by atoms with Gasteiger partial charge in [-0.3, -0.25) is 4.99 Å². The Balaban J connectivity index is 2.28. The molecule has 1 unspecified atom stereocenters. The summed E-state index contributed by atoms with van der Waals surface area (Å²) in [6.07, 6.45) is -0.511. The molecule has 0 saturated heterocycles. The van der Waals surface area contributed by atoms with E-state index < -0.39 is 11.7 Å². The third-order valence-electron chi connectivity index (χ3n) is 3.24. The summed E-state index contributed by atoms with van der Waals surface area (Å²) in [7, 11) is 3.31. The molecule has 0 heterocycles. The summed E-state index contributed by atoms with van der Waals surface area (Å²) in [5.74, 6) is 2.12. The van der Waals surface area contributed by atoms with Crippen molar-refractivity contribution < 1.29 is 19.0 Å². The molecule has 1 atom stereocenters. The molecule has 0 bridgehead atoms. The highest BCUT2D eigenvalue weighted by Crippen LogP contribution is 2.19. The summed E-state index contributed by atoms with van der Waals surface area (Å²) in [5.41, 5.74) is -0.506. The van der Waals surface area contributed by atoms with Crippen molar-refractivity contribution in [3.05, 3.63) is 24.3 Å². The van der Waals surface area contributed by atoms with Gasteiger partial charge in [-0.1, -0.05) is 6.07 Å². The molecule has 0 saturated carbocycles. The van der Waals surface area contributed by atoms with E-state index in [1.807, 2.05) is 52.0 Å². The van der Waals surface area contributed by atoms with Gasteiger partial charge in [0.05, 0.1) is 13.7 Å². The van der Waals surface area contributed by atoms with Crippen molar-refractivity contribution in [2.24, 2.45) is 4.99 Å². The predicted molar refractivity (Wildman–Crippen MR) is 107 cm³/mol. The maximum atomic E-state index is 11.6. The molecule has 1 aromatic carbocycles. The fourth-order valence-corrected chi connectivity index (χ4v) is 2.07. The van der Waals surface area contributed by atoms with Gasteiger partial charge >= 0.3 is 6.09 Å². The van der Waals surface area contributed by atoms with E-state index in [-0.39, 0.29) is 6.10 Å². The molecule has 152 valence electrons. The number of ether oxygens (including phenoxy) is 3. The lowest BCUT2D eigenvalue weighted by Crippen LogP contribution is -2.44. The van der Waals surface area contributed by atoms with Gasteiger partial charge in [0, 0.05) is 26.2 Å². The molecule has 0 radical (unpaired) electrons. The first-order chi connectivity index (χ1) is 12.7. The number of carbonyl (C=O) groups excluding carboxylic acids is 1. The van der Waals surface area contributed by atoms with Gasteiger partial charge in [0.15, 0.2) is 5.96 Å². The van der Waals surface area contributed by atoms with Crippen molar-refractivity contribution in [3.63, 3.8) is 0 Å². The van der Waals surface area contributed by atoms with Crippen LogP contribution >= 0.6 is 0 Å². The summed E-state index contributed by atoms with van der Waals surface area (Å²) >= 11 is 0. The number of hydrogen-bond donors (Lipinski definition) is 3. The standard InChI is InChI=1S/C19H32N4O4/c1-14(26-16-9-7-8-15(12-16)25-6)13-23-17(20-5)21-10-11-22-18(24)27-19(2,3)4/h7-9,12,14H,10-11,13H2,1-6H3,(H,22,24)(H2,20,21,23). The minimum atomic E-state index is -0.506. The SMILES string of the molecule is CN=C(NCCNC(=O)OC(C)(C)C)NCC(C)Oc1cccc(OC)c1. The summed E-state index contributed by atoms with van der Waals surface area (Å²) in [6, 6.07) is 7.47. The third kappa shape index (κ3) is 10.2. The van der Waals surface area contributed by atoms with E-state index in [4.69, 9.17) is 14.2 Å². The number of nitrogens with one attached hydrogen (secondary N) is 3. The number of alkyl carbamates (subject to hydrolysis) is 1. The molecule has 1 rings (SSSR count). The maximum Gasteiger partial charge on any atom is 0.407 e. The summed E-state index contributed by atoms with van der Waals surface area (Å²) in [6.45, 7) is 8.94. The second-order valence-electron chi connectivity index (χ2n) is 6.92. The molecule has 8 nitrogen and oxygen atoms in total. The Morgan fingerprint density at radius 1 is 1.15 bits per heavy atom. The van der Waals surface area contributed by atoms with E-state index in [2.05, 4.69) is 20.9 Å². The van der Waals surface area contributed by atoms with Crippen molar-refractivity contribution in [1.82, 2.24) is 16.0 Å². The summed E-state index contributed by atoms with van der Waals surface area (Å²) in [4.78, 5) is 15.7. The van der Waals surface area contributed by atoms with Gasteiger partial charge in [0.1, 0.15) is 23.2 Å². The smallest absolute Gasteiger partial charge is 0.407 e. The number of aliphatic imine (C=N–C) groups is 1. The van der Waals surface area contributed by atoms with Crippen LogP contribution in [0.25, 0.3) is 0 Å². The average molecular weight is 380 g/mol. The Morgan fingerprint density at radius 2 is 1.81 bits per heavy atom. The van der Waals surface area contributed by atoms with E-state index in [0.717, 1.165) is 11.5 Å². The van der Waals surface area contributed by atoms with E-state index in [9.17, 15) is 4.79 Å². The average Bonchev–Trinajstić information content (AvgIpc) is 2.59. The number of carbonyl (C=O) groups is 1. The molecule has 8 heteroatoms. The second-order valence-corrected chi connectivity index (χ2v) is 6.92. The molecule has 0 aliphatic carbocycles. The quantitative estimate of drug-likeness (QED) is 0.364. The van der Waals surface area contributed by atoms with Gasteiger partial charge in [-0.25, -0.2) is 4.79 Å². The van der Waals surface area contributed by atoms with Crippen LogP contribution in [0.3, 0.4) is 0 Å². The van der Waals surface area contributed by atoms with Gasteiger partial charge in [-0.15, -0.1) is 0 Å². The Kier molecular flexibility index (Phi) is 9.25. The van der Waals surface area contributed by atoms with Crippen LogP contribution in [0.15, 0.2) is 29.3 Å². The topological polar surface area (TPSA) is 93.2 Å². The molecule has 0 aliphatic heterocycles. The summed E-state index contributed by atoms with van der Waals surface area (Å²) < 4.78 is 16.2. The second kappa shape index (κ2) is 11.2. The van der Waals surface area contributed by atoms with Crippen LogP contribution in [0.2, 0.25) is 0 Å². The monoisotopic (exact) mass is 380 g/mol. The Morgan fingerprint density at radius 3 is 2.44 bits per heavy atom. The highest BCUT2D eigenvalue weighted by Gasteiger charge is 2.15. The third-order valence-corrected chi connectivity index (χ3v) is 3.24. The first-order valence-electron chi connectivity index (χ1n) is 8.95. The molecule has 1 amide bonds. The molecule has 0 spiro atoms. The lowest BCUT2D eigenvalue weighted by Gasteiger charge is -2.20. The van der Waals surface area contributed by atoms with Crippen molar-refractivity contribution >= 4 is 12.1 Å². The molecule has 0 aromatic heterocycles. The van der Waals surface area contributed by atoms with Crippen LogP contribution in [0.5, 0.6) is 11.5 Å². The minimum Gasteiger partial charge on any atom is -0.497 e. The number of methoxy groups -OCH3 is 1. The van der Waals surface area contributed by atoms with E-state index >= 15 is 0 Å². The van der Waals surface area contributed by atoms with E-state index in [0.29, 0.717) is 25.6 Å². The molecule has 0 fully saturated rings. The van der Waals surface area contributed by atoms with Crippen LogP contribution < -0.4 is 25.4 Å². The molecular weight excluding hydrogens is 348 g/mol. The largest absolute Gasteiger partial charge is 0.497 e. The fourth-order valence-electron chi connectivity index (χ4n) is 2.07. The van der Waals surface area contributed by atoms with Gasteiger partial charge < -0.3 is 30.2 Å². The Hall–Kier alpha value is -2.64. The number of benzene rings is 1. The lowest BCUT2D eigenvalue weighted by atomic mass is 10.2. The van der Waals surface area contributed by atoms with E-state index in [1.165, 1.54) is 0 Å². The molecule has 3 N–H and O–H groups in total. The minimum absolute atomic E-state index is 0.0736. The van der Waals surface area contributed by atoms with Crippen LogP contribution in [-0.2, 0) is 4.74 Å². The zero-order chi connectivity index (χ0) is 20.3. The molecular formula is C19H32N4O4. The Bertz CT molecular complexity index is 614. The van der Waals surface area contributed by atoms with Crippen LogP contribution in [-0.4, -0.2) is 57.5 Å². The van der Waals surface area contributed by atoms with Gasteiger partial charge in [-0.05, 0) is 39.8 Å². The number of rotatable bonds is 8. The van der Waals surface area contributed by atoms with Crippen LogP contribution in [0.4, 0.5) is 4.79 Å². The lowest BCUT2D eigenvalue weighted by molar-refractivity contribution is 0.0529. The zero-order valence-corrected chi connectivity index (χ0v) is 17.1. The fraction of sp³-hybridized carbons (Fsp3) is 0.579. The number of hydrogen-bond acceptors (Lipinski definition) is 5. The maximum absolute atomic E-state index is 11.6. The predicted octanol–water partition coefficient (Wildman–Crippen LogP) is 2.15. The highest BCUT2D eigenvalue weighted by molar-refractivity contribution is 5.79. The molecule has 27 heavy (non-hydrogen) atoms. The number of amides is 1. The van der Waals surface area contributed by atoms with Crippen LogP contribution in [0.1, 0.15) is 27.7 Å². The number of guanidine groups is 1. The normalized spacial score (nSPS) is 12.7. The van der Waals surface area contributed by atoms with Crippen molar-refractivity contribution in [2.75, 3.05) is 33.8 Å². The van der Waals surface area contributed by atoms with Gasteiger partial charge in [-0.2, -0.15) is 0 Å². The highest BCUT2D eigenvalue weighted by atomic mass is 16.6. The van der Waals surface area contributed by atoms with Gasteiger partial charge in [0.2, 0.25) is 0 Å². The first-order valence-corrected chi connectivity index (χ1v) is 8.95. The molecule has 1 aromatic rings. The summed E-state index contributed by atoms with van der Waals surface area (Å²) in [5, 5.41) is 8.99. The van der Waals surface area contributed by atoms with Crippen molar-refractivity contribution in [2.45, 2.75) is 39.4 Å². The molecule has 0 aliphatic rings. The number of nitrogens with zero attached hydrogens (tertiary/aromatic N) is 1. The zero-order valence-electron chi connectivity index (χ0n) is 17.1. The Labute approximate surface area is 161 Å². The van der Waals surface area contributed by atoms with Crippen molar-refractivity contribution in [3.8, 4) is 11.5 Å². The van der Waals surface area contributed by atoms with Gasteiger partial charge in [0.25, 0.3) is 0 Å². The first kappa shape index (κ1) is 22.4.